The van der Waals surface area contributed by atoms with Gasteiger partial charge in [0, 0.05) is 0 Å². The minimum absolute atomic E-state index is 0.0671. The molecule has 0 aliphatic carbocycles. The number of ether oxygens (including phenoxy) is 2. The number of anilines is 1. The van der Waals surface area contributed by atoms with Crippen LogP contribution in [0.25, 0.3) is 11.2 Å². The van der Waals surface area contributed by atoms with E-state index in [1.54, 1.807) is 0 Å². The number of aliphatic hydroxyl groups excluding tert-OH is 3. The van der Waals surface area contributed by atoms with Gasteiger partial charge in [-0.15, -0.1) is 0 Å². The first-order chi connectivity index (χ1) is 14.7. The summed E-state index contributed by atoms with van der Waals surface area (Å²) in [7, 11) is 0. The zero-order valence-corrected chi connectivity index (χ0v) is 15.9. The van der Waals surface area contributed by atoms with Crippen molar-refractivity contribution in [2.45, 2.75) is 37.2 Å². The summed E-state index contributed by atoms with van der Waals surface area (Å²) in [6, 6.07) is 8.00. The molecule has 0 saturated carbocycles. The zero-order valence-electron chi connectivity index (χ0n) is 15.9. The predicted octanol–water partition coefficient (Wildman–Crippen LogP) is -0.374. The highest BCUT2D eigenvalue weighted by atomic mass is 16.6. The largest absolute Gasteiger partial charge is 0.394 e. The Bertz CT molecular complexity index is 1050. The van der Waals surface area contributed by atoms with Crippen molar-refractivity contribution in [1.82, 2.24) is 24.9 Å². The molecule has 3 unspecified atom stereocenters. The molecular weight excluding hydrogens is 392 g/mol. The second-order valence-corrected chi connectivity index (χ2v) is 7.31. The SMILES string of the molecule is OC[C@H]1O[C@@H](n2cnc3c(NNC4COCc5ccccc54)ncnc32)C(O)C1O. The summed E-state index contributed by atoms with van der Waals surface area (Å²) in [5.41, 5.74) is 9.49. The summed E-state index contributed by atoms with van der Waals surface area (Å²) >= 11 is 0. The first-order valence-corrected chi connectivity index (χ1v) is 9.64. The average Bonchev–Trinajstić information content (AvgIpc) is 3.33. The highest BCUT2D eigenvalue weighted by Crippen LogP contribution is 2.32. The number of imidazole rings is 1. The molecule has 4 heterocycles. The molecule has 158 valence electrons. The number of hydrogen-bond donors (Lipinski definition) is 5. The molecule has 11 nitrogen and oxygen atoms in total. The molecule has 1 saturated heterocycles. The van der Waals surface area contributed by atoms with Gasteiger partial charge in [0.2, 0.25) is 0 Å². The molecule has 0 bridgehead atoms. The maximum atomic E-state index is 10.3. The number of fused-ring (bicyclic) bond motifs is 2. The number of rotatable bonds is 5. The molecular formula is C19H22N6O5. The molecule has 1 aromatic carbocycles. The molecule has 0 radical (unpaired) electrons. The van der Waals surface area contributed by atoms with Crippen molar-refractivity contribution in [2.75, 3.05) is 18.6 Å². The molecule has 2 aromatic heterocycles. The summed E-state index contributed by atoms with van der Waals surface area (Å²) in [6.07, 6.45) is -1.39. The maximum Gasteiger partial charge on any atom is 0.171 e. The van der Waals surface area contributed by atoms with E-state index in [1.165, 1.54) is 17.2 Å². The molecule has 2 aliphatic heterocycles. The lowest BCUT2D eigenvalue weighted by Crippen LogP contribution is -2.34. The van der Waals surface area contributed by atoms with Crippen molar-refractivity contribution in [3.8, 4) is 0 Å². The Morgan fingerprint density at radius 2 is 2.00 bits per heavy atom. The van der Waals surface area contributed by atoms with Crippen LogP contribution in [0.15, 0.2) is 36.9 Å². The van der Waals surface area contributed by atoms with Gasteiger partial charge < -0.3 is 30.2 Å². The fraction of sp³-hybridized carbons (Fsp3) is 0.421. The standard InChI is InChI=1S/C19H22N6O5/c26-5-13-15(27)16(28)19(30-13)25-9-22-14-17(20-8-21-18(14)25)24-23-12-7-29-6-10-3-1-2-4-11(10)12/h1-4,8-9,12-13,15-16,19,23,26-28H,5-7H2,(H,20,21,24)/t12?,13-,15?,16?,19-/m1/s1. The minimum Gasteiger partial charge on any atom is -0.394 e. The number of nitrogens with one attached hydrogen (secondary N) is 2. The van der Waals surface area contributed by atoms with Crippen molar-refractivity contribution in [2.24, 2.45) is 0 Å². The molecule has 2 aliphatic rings. The Morgan fingerprint density at radius 1 is 1.13 bits per heavy atom. The van der Waals surface area contributed by atoms with Crippen LogP contribution in [-0.2, 0) is 16.1 Å². The van der Waals surface area contributed by atoms with Gasteiger partial charge in [-0.05, 0) is 11.1 Å². The number of hydrazine groups is 1. The number of aromatic nitrogens is 4. The van der Waals surface area contributed by atoms with Crippen molar-refractivity contribution in [1.29, 1.82) is 0 Å². The van der Waals surface area contributed by atoms with Crippen molar-refractivity contribution < 1.29 is 24.8 Å². The quantitative estimate of drug-likeness (QED) is 0.350. The Morgan fingerprint density at radius 3 is 2.83 bits per heavy atom. The molecule has 0 spiro atoms. The highest BCUT2D eigenvalue weighted by Gasteiger charge is 2.44. The lowest BCUT2D eigenvalue weighted by Gasteiger charge is -2.26. The van der Waals surface area contributed by atoms with Crippen LogP contribution in [0.1, 0.15) is 23.4 Å². The lowest BCUT2D eigenvalue weighted by atomic mass is 10.00. The van der Waals surface area contributed by atoms with E-state index in [4.69, 9.17) is 9.47 Å². The van der Waals surface area contributed by atoms with Gasteiger partial charge in [0.1, 0.15) is 24.6 Å². The van der Waals surface area contributed by atoms with Gasteiger partial charge in [-0.3, -0.25) is 4.57 Å². The number of aliphatic hydroxyl groups is 3. The maximum absolute atomic E-state index is 10.3. The summed E-state index contributed by atoms with van der Waals surface area (Å²) in [6.45, 7) is 0.689. The van der Waals surface area contributed by atoms with Crippen LogP contribution >= 0.6 is 0 Å². The molecule has 30 heavy (non-hydrogen) atoms. The van der Waals surface area contributed by atoms with E-state index >= 15 is 0 Å². The average molecular weight is 414 g/mol. The Hall–Kier alpha value is -2.67. The van der Waals surface area contributed by atoms with Gasteiger partial charge in [0.25, 0.3) is 0 Å². The zero-order chi connectivity index (χ0) is 20.7. The van der Waals surface area contributed by atoms with Gasteiger partial charge in [0.05, 0.1) is 32.2 Å². The predicted molar refractivity (Wildman–Crippen MR) is 104 cm³/mol. The summed E-state index contributed by atoms with van der Waals surface area (Å²) in [5.74, 6) is 0.452. The number of hydrogen-bond acceptors (Lipinski definition) is 10. The van der Waals surface area contributed by atoms with Crippen LogP contribution in [0.4, 0.5) is 5.82 Å². The van der Waals surface area contributed by atoms with E-state index in [1.807, 2.05) is 18.2 Å². The second kappa shape index (κ2) is 7.87. The molecule has 0 amide bonds. The van der Waals surface area contributed by atoms with E-state index in [2.05, 4.69) is 31.9 Å². The Balaban J connectivity index is 1.39. The van der Waals surface area contributed by atoms with Gasteiger partial charge >= 0.3 is 0 Å². The monoisotopic (exact) mass is 414 g/mol. The van der Waals surface area contributed by atoms with Gasteiger partial charge in [-0.25, -0.2) is 20.4 Å². The molecule has 5 atom stereocenters. The minimum atomic E-state index is -1.22. The third-order valence-corrected chi connectivity index (χ3v) is 5.49. The molecule has 11 heteroatoms. The number of nitrogens with zero attached hydrogens (tertiary/aromatic N) is 4. The van der Waals surface area contributed by atoms with Crippen LogP contribution in [-0.4, -0.2) is 66.4 Å². The molecule has 5 rings (SSSR count). The van der Waals surface area contributed by atoms with Crippen LogP contribution < -0.4 is 10.9 Å². The first kappa shape index (κ1) is 19.3. The lowest BCUT2D eigenvalue weighted by molar-refractivity contribution is -0.0511. The van der Waals surface area contributed by atoms with Crippen molar-refractivity contribution in [3.05, 3.63) is 48.0 Å². The first-order valence-electron chi connectivity index (χ1n) is 9.64. The summed E-state index contributed by atoms with van der Waals surface area (Å²) in [5, 5.41) is 29.6. The number of benzene rings is 1. The van der Waals surface area contributed by atoms with Gasteiger partial charge in [0.15, 0.2) is 23.2 Å². The van der Waals surface area contributed by atoms with Crippen molar-refractivity contribution in [3.63, 3.8) is 0 Å². The van der Waals surface area contributed by atoms with E-state index < -0.39 is 31.1 Å². The van der Waals surface area contributed by atoms with Crippen LogP contribution in [0.2, 0.25) is 0 Å². The van der Waals surface area contributed by atoms with Gasteiger partial charge in [-0.1, -0.05) is 24.3 Å². The third-order valence-electron chi connectivity index (χ3n) is 5.49. The van der Waals surface area contributed by atoms with E-state index in [-0.39, 0.29) is 6.04 Å². The van der Waals surface area contributed by atoms with Crippen LogP contribution in [0.5, 0.6) is 0 Å². The molecule has 5 N–H and O–H groups in total. The Labute approximate surface area is 171 Å². The van der Waals surface area contributed by atoms with E-state index in [0.717, 1.165) is 11.1 Å². The fourth-order valence-electron chi connectivity index (χ4n) is 3.90. The normalized spacial score (nSPS) is 28.6. The fourth-order valence-corrected chi connectivity index (χ4v) is 3.90. The molecule has 3 aromatic rings. The summed E-state index contributed by atoms with van der Waals surface area (Å²) < 4.78 is 12.8. The smallest absolute Gasteiger partial charge is 0.171 e. The highest BCUT2D eigenvalue weighted by molar-refractivity contribution is 5.82. The second-order valence-electron chi connectivity index (χ2n) is 7.31. The van der Waals surface area contributed by atoms with Gasteiger partial charge in [-0.2, -0.15) is 0 Å². The van der Waals surface area contributed by atoms with E-state index in [9.17, 15) is 15.3 Å². The topological polar surface area (TPSA) is 147 Å². The van der Waals surface area contributed by atoms with Crippen LogP contribution in [0, 0.1) is 0 Å². The molecule has 1 fully saturated rings. The van der Waals surface area contributed by atoms with Crippen LogP contribution in [0.3, 0.4) is 0 Å². The third kappa shape index (κ3) is 3.21. The Kier molecular flexibility index (Phi) is 5.06. The van der Waals surface area contributed by atoms with E-state index in [0.29, 0.717) is 30.2 Å². The van der Waals surface area contributed by atoms with Crippen molar-refractivity contribution >= 4 is 17.0 Å². The summed E-state index contributed by atoms with van der Waals surface area (Å²) in [4.78, 5) is 12.9.